The first kappa shape index (κ1) is 21.9. The van der Waals surface area contributed by atoms with Crippen molar-refractivity contribution in [2.45, 2.75) is 55.4 Å². The third-order valence-electron chi connectivity index (χ3n) is 4.81. The highest BCUT2D eigenvalue weighted by Gasteiger charge is 2.31. The van der Waals surface area contributed by atoms with Crippen LogP contribution in [0.1, 0.15) is 63.8 Å². The average molecular weight is 375 g/mol. The molecule has 2 aromatic carbocycles. The molecule has 1 heteroatoms. The number of benzene rings is 2. The standard InChI is InChI=1S/C27H34O/c1-19-11-9-13-21(15-19)17-23(26(3,4)5)25(28)24(27(6,7)8)18-22-14-10-12-20(2)16-22/h9-18H,1-8H3/b23-17-,24-18-. The van der Waals surface area contributed by atoms with E-state index in [1.165, 1.54) is 11.1 Å². The van der Waals surface area contributed by atoms with E-state index < -0.39 is 0 Å². The van der Waals surface area contributed by atoms with Gasteiger partial charge in [-0.15, -0.1) is 0 Å². The molecule has 0 saturated carbocycles. The quantitative estimate of drug-likeness (QED) is 0.508. The molecule has 0 heterocycles. The van der Waals surface area contributed by atoms with Crippen LogP contribution in [0.25, 0.3) is 12.2 Å². The maximum Gasteiger partial charge on any atom is 0.186 e. The summed E-state index contributed by atoms with van der Waals surface area (Å²) in [4.78, 5) is 13.8. The number of ketones is 1. The summed E-state index contributed by atoms with van der Waals surface area (Å²) in [6.07, 6.45) is 4.12. The van der Waals surface area contributed by atoms with Crippen molar-refractivity contribution < 1.29 is 4.79 Å². The third kappa shape index (κ3) is 5.79. The van der Waals surface area contributed by atoms with Crippen molar-refractivity contribution >= 4 is 17.9 Å². The largest absolute Gasteiger partial charge is 0.289 e. The van der Waals surface area contributed by atoms with Crippen LogP contribution in [0.5, 0.6) is 0 Å². The highest BCUT2D eigenvalue weighted by Crippen LogP contribution is 2.36. The Morgan fingerprint density at radius 3 is 1.32 bits per heavy atom. The molecule has 0 spiro atoms. The Morgan fingerprint density at radius 2 is 1.04 bits per heavy atom. The zero-order valence-electron chi connectivity index (χ0n) is 18.7. The Balaban J connectivity index is 2.61. The van der Waals surface area contributed by atoms with Gasteiger partial charge in [0.1, 0.15) is 0 Å². The molecular weight excluding hydrogens is 340 g/mol. The first-order valence-corrected chi connectivity index (χ1v) is 10.0. The Labute approximate surface area is 171 Å². The van der Waals surface area contributed by atoms with Gasteiger partial charge in [-0.1, -0.05) is 101 Å². The first-order chi connectivity index (χ1) is 12.9. The van der Waals surface area contributed by atoms with Crippen LogP contribution in [-0.2, 0) is 4.79 Å². The first-order valence-electron chi connectivity index (χ1n) is 10.0. The van der Waals surface area contributed by atoms with Gasteiger partial charge < -0.3 is 0 Å². The number of Topliss-reactive ketones (excluding diaryl/α,β-unsaturated/α-hetero) is 1. The van der Waals surface area contributed by atoms with Crippen LogP contribution in [0, 0.1) is 24.7 Å². The molecule has 148 valence electrons. The molecule has 0 atom stereocenters. The van der Waals surface area contributed by atoms with Gasteiger partial charge in [-0.05, 0) is 48.0 Å². The van der Waals surface area contributed by atoms with E-state index in [-0.39, 0.29) is 16.6 Å². The molecular formula is C27H34O. The maximum absolute atomic E-state index is 13.8. The smallest absolute Gasteiger partial charge is 0.186 e. The van der Waals surface area contributed by atoms with Crippen LogP contribution >= 0.6 is 0 Å². The second kappa shape index (κ2) is 8.31. The van der Waals surface area contributed by atoms with Gasteiger partial charge in [0.15, 0.2) is 5.78 Å². The summed E-state index contributed by atoms with van der Waals surface area (Å²) >= 11 is 0. The molecule has 0 aliphatic carbocycles. The summed E-state index contributed by atoms with van der Waals surface area (Å²) < 4.78 is 0. The van der Waals surface area contributed by atoms with Crippen molar-refractivity contribution in [3.05, 3.63) is 81.9 Å². The van der Waals surface area contributed by atoms with Gasteiger partial charge in [0, 0.05) is 11.1 Å². The van der Waals surface area contributed by atoms with Gasteiger partial charge in [0.2, 0.25) is 0 Å². The number of hydrogen-bond donors (Lipinski definition) is 0. The maximum atomic E-state index is 13.8. The topological polar surface area (TPSA) is 17.1 Å². The van der Waals surface area contributed by atoms with Crippen molar-refractivity contribution in [1.82, 2.24) is 0 Å². The summed E-state index contributed by atoms with van der Waals surface area (Å²) in [5.41, 5.74) is 5.71. The molecule has 0 amide bonds. The van der Waals surface area contributed by atoms with E-state index in [2.05, 4.69) is 104 Å². The summed E-state index contributed by atoms with van der Waals surface area (Å²) in [5.74, 6) is 0.128. The SMILES string of the molecule is Cc1cccc(/C=C(/C(=O)/C(=C/c2cccc(C)c2)C(C)(C)C)C(C)(C)C)c1. The van der Waals surface area contributed by atoms with Gasteiger partial charge in [0.05, 0.1) is 0 Å². The zero-order valence-corrected chi connectivity index (χ0v) is 18.7. The number of allylic oxidation sites excluding steroid dienone is 2. The van der Waals surface area contributed by atoms with E-state index in [0.29, 0.717) is 0 Å². The van der Waals surface area contributed by atoms with Gasteiger partial charge in [0.25, 0.3) is 0 Å². The van der Waals surface area contributed by atoms with Crippen molar-refractivity contribution in [2.75, 3.05) is 0 Å². The average Bonchev–Trinajstić information content (AvgIpc) is 2.55. The predicted octanol–water partition coefficient (Wildman–Crippen LogP) is 7.43. The fraction of sp³-hybridized carbons (Fsp3) is 0.370. The number of carbonyl (C=O) groups excluding carboxylic acids is 1. The molecule has 0 aromatic heterocycles. The lowest BCUT2D eigenvalue weighted by Crippen LogP contribution is -2.25. The van der Waals surface area contributed by atoms with E-state index in [9.17, 15) is 4.79 Å². The third-order valence-corrected chi connectivity index (χ3v) is 4.81. The summed E-state index contributed by atoms with van der Waals surface area (Å²) in [6, 6.07) is 16.6. The molecule has 0 bridgehead atoms. The highest BCUT2D eigenvalue weighted by molar-refractivity contribution is 6.14. The molecule has 2 aromatic rings. The Bertz CT molecular complexity index is 836. The highest BCUT2D eigenvalue weighted by atomic mass is 16.1. The molecule has 1 nitrogen and oxygen atoms in total. The van der Waals surface area contributed by atoms with Crippen molar-refractivity contribution in [2.24, 2.45) is 10.8 Å². The van der Waals surface area contributed by atoms with E-state index in [1.807, 2.05) is 12.1 Å². The lowest BCUT2D eigenvalue weighted by atomic mass is 9.74. The van der Waals surface area contributed by atoms with Gasteiger partial charge in [-0.25, -0.2) is 0 Å². The second-order valence-electron chi connectivity index (χ2n) is 9.77. The predicted molar refractivity (Wildman–Crippen MR) is 122 cm³/mol. The molecule has 2 rings (SSSR count). The number of rotatable bonds is 4. The van der Waals surface area contributed by atoms with E-state index >= 15 is 0 Å². The van der Waals surface area contributed by atoms with E-state index in [4.69, 9.17) is 0 Å². The fourth-order valence-corrected chi connectivity index (χ4v) is 3.24. The van der Waals surface area contributed by atoms with E-state index in [0.717, 1.165) is 22.3 Å². The lowest BCUT2D eigenvalue weighted by molar-refractivity contribution is -0.113. The molecule has 0 radical (unpaired) electrons. The van der Waals surface area contributed by atoms with Crippen molar-refractivity contribution in [3.8, 4) is 0 Å². The van der Waals surface area contributed by atoms with Crippen LogP contribution < -0.4 is 0 Å². The van der Waals surface area contributed by atoms with Crippen LogP contribution in [0.2, 0.25) is 0 Å². The fourth-order valence-electron chi connectivity index (χ4n) is 3.24. The second-order valence-corrected chi connectivity index (χ2v) is 9.77. The summed E-state index contributed by atoms with van der Waals surface area (Å²) in [5, 5.41) is 0. The molecule has 0 fully saturated rings. The van der Waals surface area contributed by atoms with Gasteiger partial charge in [-0.3, -0.25) is 4.79 Å². The van der Waals surface area contributed by atoms with Crippen LogP contribution in [0.15, 0.2) is 59.7 Å². The molecule has 0 unspecified atom stereocenters. The van der Waals surface area contributed by atoms with Gasteiger partial charge >= 0.3 is 0 Å². The normalized spacial score (nSPS) is 13.6. The molecule has 0 saturated heterocycles. The Morgan fingerprint density at radius 1 is 0.679 bits per heavy atom. The molecule has 0 aliphatic rings. The number of aryl methyl sites for hydroxylation is 2. The van der Waals surface area contributed by atoms with Crippen LogP contribution in [0.4, 0.5) is 0 Å². The summed E-state index contributed by atoms with van der Waals surface area (Å²) in [7, 11) is 0. The monoisotopic (exact) mass is 374 g/mol. The van der Waals surface area contributed by atoms with E-state index in [1.54, 1.807) is 0 Å². The molecule has 0 aliphatic heterocycles. The van der Waals surface area contributed by atoms with Crippen molar-refractivity contribution in [1.29, 1.82) is 0 Å². The van der Waals surface area contributed by atoms with Crippen LogP contribution in [-0.4, -0.2) is 5.78 Å². The van der Waals surface area contributed by atoms with Crippen molar-refractivity contribution in [3.63, 3.8) is 0 Å². The van der Waals surface area contributed by atoms with Crippen LogP contribution in [0.3, 0.4) is 0 Å². The number of carbonyl (C=O) groups is 1. The molecule has 28 heavy (non-hydrogen) atoms. The van der Waals surface area contributed by atoms with Gasteiger partial charge in [-0.2, -0.15) is 0 Å². The minimum absolute atomic E-state index is 0.128. The minimum atomic E-state index is -0.252. The summed E-state index contributed by atoms with van der Waals surface area (Å²) in [6.45, 7) is 16.8. The number of hydrogen-bond acceptors (Lipinski definition) is 1. The Kier molecular flexibility index (Phi) is 6.49. The molecule has 0 N–H and O–H groups in total. The lowest BCUT2D eigenvalue weighted by Gasteiger charge is -2.28. The minimum Gasteiger partial charge on any atom is -0.289 e. The zero-order chi connectivity index (χ0) is 21.1. The Hall–Kier alpha value is -2.41.